The van der Waals surface area contributed by atoms with Gasteiger partial charge in [0.15, 0.2) is 12.2 Å². The minimum atomic E-state index is -1.43. The summed E-state index contributed by atoms with van der Waals surface area (Å²) in [5.74, 6) is -1.22. The Morgan fingerprint density at radius 2 is 1.53 bits per heavy atom. The highest BCUT2D eigenvalue weighted by atomic mass is 32.2. The van der Waals surface area contributed by atoms with Gasteiger partial charge in [-0.1, -0.05) is 35.9 Å². The molecule has 4 aromatic carbocycles. The highest BCUT2D eigenvalue weighted by molar-refractivity contribution is 8.00. The maximum Gasteiger partial charge on any atom is 0.355 e. The van der Waals surface area contributed by atoms with Crippen molar-refractivity contribution in [2.75, 3.05) is 51.9 Å². The van der Waals surface area contributed by atoms with E-state index in [4.69, 9.17) is 28.4 Å². The molecule has 2 atom stereocenters. The molecule has 386 valence electrons. The number of β-lactam (4-membered cyclic amide) rings is 1. The van der Waals surface area contributed by atoms with E-state index >= 15 is 0 Å². The number of aromatic nitrogens is 3. The molecule has 0 radical (unpaired) electrons. The van der Waals surface area contributed by atoms with Crippen LogP contribution in [0.25, 0.3) is 0 Å². The third-order valence-corrected chi connectivity index (χ3v) is 13.9. The summed E-state index contributed by atoms with van der Waals surface area (Å²) in [7, 11) is 0. The van der Waals surface area contributed by atoms with E-state index in [1.807, 2.05) is 6.07 Å². The normalized spacial score (nSPS) is 16.7. The number of thioether (sulfide) groups is 1. The highest BCUT2D eigenvalue weighted by Crippen LogP contribution is 2.57. The van der Waals surface area contributed by atoms with Crippen LogP contribution in [0.4, 0.5) is 0 Å². The van der Waals surface area contributed by atoms with E-state index in [0.717, 1.165) is 12.8 Å². The standard InChI is InChI=1S/C52H53N7O14S/c1-31-30-74-49-45(55-44(63)29-70-36-8-4-2-5-9-36)48(65)59(49)46(31)51(67)71-28-33-27-58(57-56-33)19-7-3-6-10-43(62)53-17-20-68-22-23-69-21-18-54-47(64)32-11-14-38-37(24-32)50(66)73-52(38)39-15-12-34(60)25-41(39)72-42-26-35(61)13-16-40(42)52/h2,4-5,8-9,11-16,24-27,45,49,60-61H,3,6-7,10,17-23,28-30H2,1H3,(H,53,62)(H,54,64)(H,55,63)/t45-,49-/m1/s1. The van der Waals surface area contributed by atoms with Crippen LogP contribution < -0.4 is 25.4 Å². The zero-order valence-corrected chi connectivity index (χ0v) is 41.0. The summed E-state index contributed by atoms with van der Waals surface area (Å²) in [5.41, 5.74) is 1.77. The molecular formula is C52H53N7O14S. The molecule has 74 heavy (non-hydrogen) atoms. The predicted molar refractivity (Wildman–Crippen MR) is 263 cm³/mol. The molecule has 0 bridgehead atoms. The predicted octanol–water partition coefficient (Wildman–Crippen LogP) is 4.19. The molecule has 5 N–H and O–H groups in total. The van der Waals surface area contributed by atoms with Gasteiger partial charge in [0, 0.05) is 66.2 Å². The number of ether oxygens (including phenoxy) is 6. The van der Waals surface area contributed by atoms with Crippen molar-refractivity contribution in [2.24, 2.45) is 0 Å². The maximum absolute atomic E-state index is 13.4. The number of nitrogens with one attached hydrogen (secondary N) is 3. The lowest BCUT2D eigenvalue weighted by Gasteiger charge is -2.49. The first-order valence-corrected chi connectivity index (χ1v) is 25.1. The number of para-hydroxylation sites is 1. The number of unbranched alkanes of at least 4 members (excludes halogenated alkanes) is 2. The Morgan fingerprint density at radius 3 is 2.26 bits per heavy atom. The molecule has 4 aliphatic rings. The Labute approximate surface area is 428 Å². The summed E-state index contributed by atoms with van der Waals surface area (Å²) in [4.78, 5) is 79.0. The molecule has 5 heterocycles. The van der Waals surface area contributed by atoms with Crippen molar-refractivity contribution in [3.05, 3.63) is 136 Å². The fourth-order valence-electron chi connectivity index (χ4n) is 8.96. The highest BCUT2D eigenvalue weighted by Gasteiger charge is 2.55. The zero-order chi connectivity index (χ0) is 51.8. The number of aryl methyl sites for hydroxylation is 1. The van der Waals surface area contributed by atoms with Crippen LogP contribution in [0.5, 0.6) is 28.7 Å². The first-order chi connectivity index (χ1) is 35.9. The van der Waals surface area contributed by atoms with Gasteiger partial charge in [0.1, 0.15) is 58.2 Å². The molecule has 4 aliphatic heterocycles. The van der Waals surface area contributed by atoms with Crippen LogP contribution >= 0.6 is 11.8 Å². The molecule has 4 amide bonds. The van der Waals surface area contributed by atoms with Gasteiger partial charge in [-0.05, 0) is 73.9 Å². The lowest BCUT2D eigenvalue weighted by molar-refractivity contribution is -0.153. The molecule has 1 aromatic heterocycles. The molecule has 1 spiro atoms. The number of nitrogens with zero attached hydrogens (tertiary/aromatic N) is 4. The smallest absolute Gasteiger partial charge is 0.355 e. The number of fused-ring (bicyclic) bond motifs is 7. The summed E-state index contributed by atoms with van der Waals surface area (Å²) < 4.78 is 35.9. The number of phenolic OH excluding ortho intramolecular Hbond substituents is 2. The second kappa shape index (κ2) is 22.9. The lowest BCUT2D eigenvalue weighted by Crippen LogP contribution is -2.70. The van der Waals surface area contributed by atoms with Crippen LogP contribution in [0.15, 0.2) is 102 Å². The Morgan fingerprint density at radius 1 is 0.824 bits per heavy atom. The molecule has 22 heteroatoms. The second-order valence-corrected chi connectivity index (χ2v) is 18.8. The van der Waals surface area contributed by atoms with E-state index in [-0.39, 0.29) is 85.3 Å². The van der Waals surface area contributed by atoms with Crippen molar-refractivity contribution < 1.29 is 67.4 Å². The number of carbonyl (C=O) groups excluding carboxylic acids is 6. The third-order valence-electron chi connectivity index (χ3n) is 12.5. The topological polar surface area (TPSA) is 268 Å². The van der Waals surface area contributed by atoms with E-state index in [9.17, 15) is 39.0 Å². The number of amides is 4. The number of aromatic hydroxyl groups is 2. The zero-order valence-electron chi connectivity index (χ0n) is 40.2. The summed E-state index contributed by atoms with van der Waals surface area (Å²) in [6.45, 7) is 3.54. The monoisotopic (exact) mass is 1030 g/mol. The molecule has 21 nitrogen and oxygen atoms in total. The number of carbonyl (C=O) groups is 6. The van der Waals surface area contributed by atoms with Gasteiger partial charge in [0.25, 0.3) is 17.7 Å². The van der Waals surface area contributed by atoms with E-state index in [2.05, 4.69) is 26.3 Å². The summed E-state index contributed by atoms with van der Waals surface area (Å²) in [6, 6.07) is 21.8. The first-order valence-electron chi connectivity index (χ1n) is 24.0. The van der Waals surface area contributed by atoms with Crippen molar-refractivity contribution in [1.29, 1.82) is 0 Å². The molecule has 1 saturated heterocycles. The van der Waals surface area contributed by atoms with Crippen molar-refractivity contribution in [2.45, 2.75) is 62.8 Å². The number of hydrogen-bond acceptors (Lipinski definition) is 17. The van der Waals surface area contributed by atoms with Gasteiger partial charge in [0.2, 0.25) is 5.91 Å². The third kappa shape index (κ3) is 11.2. The van der Waals surface area contributed by atoms with Crippen LogP contribution in [-0.2, 0) is 56.9 Å². The lowest BCUT2D eigenvalue weighted by atomic mass is 9.77. The largest absolute Gasteiger partial charge is 0.508 e. The molecule has 5 aromatic rings. The fourth-order valence-corrected chi connectivity index (χ4v) is 10.3. The maximum atomic E-state index is 13.4. The van der Waals surface area contributed by atoms with E-state index < -0.39 is 46.7 Å². The average Bonchev–Trinajstić information content (AvgIpc) is 3.98. The van der Waals surface area contributed by atoms with Crippen molar-refractivity contribution in [1.82, 2.24) is 35.8 Å². The van der Waals surface area contributed by atoms with Gasteiger partial charge in [-0.3, -0.25) is 28.8 Å². The summed E-state index contributed by atoms with van der Waals surface area (Å²) >= 11 is 1.46. The van der Waals surface area contributed by atoms with Gasteiger partial charge in [0.05, 0.1) is 38.2 Å². The molecule has 9 rings (SSSR count). The van der Waals surface area contributed by atoms with Gasteiger partial charge < -0.3 is 54.6 Å². The Bertz CT molecular complexity index is 2930. The van der Waals surface area contributed by atoms with Crippen molar-refractivity contribution in [3.63, 3.8) is 0 Å². The van der Waals surface area contributed by atoms with Gasteiger partial charge in [-0.15, -0.1) is 16.9 Å². The Kier molecular flexibility index (Phi) is 15.7. The van der Waals surface area contributed by atoms with Crippen LogP contribution in [-0.4, -0.2) is 129 Å². The van der Waals surface area contributed by atoms with Crippen molar-refractivity contribution >= 4 is 47.3 Å². The van der Waals surface area contributed by atoms with Crippen molar-refractivity contribution in [3.8, 4) is 28.7 Å². The Balaban J connectivity index is 0.602. The number of esters is 2. The van der Waals surface area contributed by atoms with Crippen LogP contribution in [0.2, 0.25) is 0 Å². The SMILES string of the molecule is CC1=C(C(=O)OCc2cn(CCCCCC(=O)NCCOCCOCCNC(=O)c3ccc4c(c3)C(=O)OC43c4ccc(O)cc4Oc4cc(O)ccc43)nn2)N2C(=O)[C@@H](NC(=O)COc3ccccc3)[C@H]2SC1. The number of rotatable bonds is 23. The minimum absolute atomic E-state index is 0.0535. The average molecular weight is 1030 g/mol. The summed E-state index contributed by atoms with van der Waals surface area (Å²) in [6.07, 6.45) is 4.23. The van der Waals surface area contributed by atoms with Gasteiger partial charge >= 0.3 is 11.9 Å². The number of hydrogen-bond donors (Lipinski definition) is 5. The van der Waals surface area contributed by atoms with Crippen LogP contribution in [0.1, 0.15) is 75.7 Å². The number of phenols is 2. The quantitative estimate of drug-likeness (QED) is 0.0349. The van der Waals surface area contributed by atoms with Crippen LogP contribution in [0.3, 0.4) is 0 Å². The Hall–Kier alpha value is -7.95. The minimum Gasteiger partial charge on any atom is -0.508 e. The van der Waals surface area contributed by atoms with E-state index in [1.54, 1.807) is 66.3 Å². The van der Waals surface area contributed by atoms with Gasteiger partial charge in [-0.2, -0.15) is 0 Å². The second-order valence-electron chi connectivity index (χ2n) is 17.7. The molecule has 0 saturated carbocycles. The fraction of sp³-hybridized carbons (Fsp3) is 0.346. The molecular weight excluding hydrogens is 979 g/mol. The molecule has 1 fully saturated rings. The number of benzene rings is 4. The molecule has 0 aliphatic carbocycles. The van der Waals surface area contributed by atoms with E-state index in [1.165, 1.54) is 47.0 Å². The van der Waals surface area contributed by atoms with E-state index in [0.29, 0.717) is 72.0 Å². The summed E-state index contributed by atoms with van der Waals surface area (Å²) in [5, 5.41) is 36.4. The molecule has 0 unspecified atom stereocenters. The van der Waals surface area contributed by atoms with Crippen LogP contribution in [0, 0.1) is 0 Å². The first kappa shape index (κ1) is 51.0. The van der Waals surface area contributed by atoms with Gasteiger partial charge in [-0.25, -0.2) is 9.59 Å².